The van der Waals surface area contributed by atoms with Crippen LogP contribution in [0.2, 0.25) is 0 Å². The maximum Gasteiger partial charge on any atom is 0.266 e. The van der Waals surface area contributed by atoms with Crippen molar-refractivity contribution in [3.05, 3.63) is 82.8 Å². The number of alkyl halides is 2. The van der Waals surface area contributed by atoms with Crippen LogP contribution in [0.1, 0.15) is 36.3 Å². The van der Waals surface area contributed by atoms with Crippen molar-refractivity contribution in [2.45, 2.75) is 19.5 Å². The molecule has 0 aliphatic carbocycles. The molecule has 0 fully saturated rings. The van der Waals surface area contributed by atoms with E-state index in [1.807, 2.05) is 0 Å². The number of benzene rings is 2. The molecule has 1 aliphatic rings. The molecule has 1 amide bonds. The molecular formula is C23H16F4N4O. The molecule has 0 atom stereocenters. The van der Waals surface area contributed by atoms with Crippen LogP contribution in [0.5, 0.6) is 0 Å². The molecule has 2 aromatic heterocycles. The van der Waals surface area contributed by atoms with Gasteiger partial charge in [0.1, 0.15) is 17.2 Å². The van der Waals surface area contributed by atoms with Crippen LogP contribution in [0, 0.1) is 11.6 Å². The molecule has 32 heavy (non-hydrogen) atoms. The summed E-state index contributed by atoms with van der Waals surface area (Å²) < 4.78 is 74.8. The lowest BCUT2D eigenvalue weighted by Crippen LogP contribution is -2.24. The smallest absolute Gasteiger partial charge is 0.266 e. The minimum absolute atomic E-state index is 0.0287. The van der Waals surface area contributed by atoms with Crippen molar-refractivity contribution in [2.24, 2.45) is 7.05 Å². The molecule has 9 heteroatoms. The van der Waals surface area contributed by atoms with Gasteiger partial charge in [0.15, 0.2) is 0 Å². The first-order valence-corrected chi connectivity index (χ1v) is 9.59. The van der Waals surface area contributed by atoms with E-state index in [9.17, 15) is 13.6 Å². The highest BCUT2D eigenvalue weighted by Gasteiger charge is 2.30. The maximum atomic E-state index is 15.1. The van der Waals surface area contributed by atoms with Crippen molar-refractivity contribution >= 4 is 16.8 Å². The van der Waals surface area contributed by atoms with Crippen molar-refractivity contribution in [3.63, 3.8) is 0 Å². The fourth-order valence-electron chi connectivity index (χ4n) is 3.84. The molecule has 0 spiro atoms. The number of fused-ring (bicyclic) bond motifs is 2. The standard InChI is InChI=1S/C23H16F4N4O/c1-30-9-16-13(4-5-15(22(26)27)21(16)29-30)12-7-18(24)17(19(25)8-12)10-31-11-20-14(23(31)32)3-2-6-28-20/h2-9,22H,10-11H2,1H3/i11D2. The van der Waals surface area contributed by atoms with Crippen LogP contribution in [0.15, 0.2) is 48.8 Å². The Kier molecular flexibility index (Phi) is 4.16. The number of carbonyl (C=O) groups excluding carboxylic acids is 1. The fraction of sp³-hybridized carbons (Fsp3) is 0.174. The molecule has 0 N–H and O–H groups in total. The van der Waals surface area contributed by atoms with Crippen LogP contribution in [0.25, 0.3) is 22.0 Å². The van der Waals surface area contributed by atoms with E-state index in [0.29, 0.717) is 10.9 Å². The number of amides is 1. The zero-order valence-corrected chi connectivity index (χ0v) is 16.6. The molecule has 3 heterocycles. The number of rotatable bonds is 4. The van der Waals surface area contributed by atoms with E-state index in [1.54, 1.807) is 7.05 Å². The highest BCUT2D eigenvalue weighted by atomic mass is 19.3. The minimum atomic E-state index is -2.77. The maximum absolute atomic E-state index is 15.1. The summed E-state index contributed by atoms with van der Waals surface area (Å²) >= 11 is 0. The molecule has 5 rings (SSSR count). The highest BCUT2D eigenvalue weighted by molar-refractivity contribution is 5.98. The van der Waals surface area contributed by atoms with E-state index in [-0.39, 0.29) is 27.9 Å². The molecule has 0 saturated heterocycles. The Morgan fingerprint density at radius 3 is 2.59 bits per heavy atom. The molecule has 4 aromatic rings. The third-order valence-corrected chi connectivity index (χ3v) is 5.35. The topological polar surface area (TPSA) is 51.0 Å². The second-order valence-corrected chi connectivity index (χ2v) is 7.39. The van der Waals surface area contributed by atoms with Crippen LogP contribution in [-0.4, -0.2) is 25.6 Å². The van der Waals surface area contributed by atoms with Gasteiger partial charge in [0.05, 0.1) is 27.0 Å². The van der Waals surface area contributed by atoms with E-state index < -0.39 is 42.6 Å². The monoisotopic (exact) mass is 442 g/mol. The molecule has 1 aliphatic heterocycles. The van der Waals surface area contributed by atoms with Crippen LogP contribution in [0.3, 0.4) is 0 Å². The van der Waals surface area contributed by atoms with Gasteiger partial charge in [-0.2, -0.15) is 5.10 Å². The van der Waals surface area contributed by atoms with Gasteiger partial charge in [0.25, 0.3) is 12.3 Å². The summed E-state index contributed by atoms with van der Waals surface area (Å²) in [6, 6.07) is 7.46. The average Bonchev–Trinajstić information content (AvgIpc) is 3.25. The minimum Gasteiger partial charge on any atom is -0.328 e. The summed E-state index contributed by atoms with van der Waals surface area (Å²) in [5, 5.41) is 4.36. The molecule has 0 unspecified atom stereocenters. The molecule has 0 saturated carbocycles. The number of hydrogen-bond acceptors (Lipinski definition) is 3. The van der Waals surface area contributed by atoms with Gasteiger partial charge < -0.3 is 4.90 Å². The average molecular weight is 442 g/mol. The first-order valence-electron chi connectivity index (χ1n) is 10.6. The number of carbonyl (C=O) groups is 1. The summed E-state index contributed by atoms with van der Waals surface area (Å²) in [7, 11) is 1.55. The van der Waals surface area contributed by atoms with Gasteiger partial charge in [0, 0.05) is 36.0 Å². The van der Waals surface area contributed by atoms with Crippen LogP contribution >= 0.6 is 0 Å². The molecule has 2 aromatic carbocycles. The molecule has 0 bridgehead atoms. The van der Waals surface area contributed by atoms with E-state index in [4.69, 9.17) is 2.74 Å². The zero-order valence-electron chi connectivity index (χ0n) is 18.6. The second kappa shape index (κ2) is 7.44. The van der Waals surface area contributed by atoms with Crippen molar-refractivity contribution in [3.8, 4) is 11.1 Å². The van der Waals surface area contributed by atoms with Crippen LogP contribution < -0.4 is 0 Å². The Labute approximate surface area is 182 Å². The number of aromatic nitrogens is 3. The lowest BCUT2D eigenvalue weighted by atomic mass is 9.97. The number of halogens is 4. The van der Waals surface area contributed by atoms with Crippen molar-refractivity contribution in [1.29, 1.82) is 0 Å². The number of pyridine rings is 1. The van der Waals surface area contributed by atoms with Gasteiger partial charge in [-0.05, 0) is 35.4 Å². The third kappa shape index (κ3) is 3.21. The fourth-order valence-corrected chi connectivity index (χ4v) is 3.84. The van der Waals surface area contributed by atoms with E-state index in [2.05, 4.69) is 10.1 Å². The summed E-state index contributed by atoms with van der Waals surface area (Å²) in [6.07, 6.45) is 0.0537. The van der Waals surface area contributed by atoms with Crippen molar-refractivity contribution < 1.29 is 25.1 Å². The first kappa shape index (κ1) is 17.9. The van der Waals surface area contributed by atoms with E-state index in [0.717, 1.165) is 17.0 Å². The second-order valence-electron chi connectivity index (χ2n) is 7.39. The predicted molar refractivity (Wildman–Crippen MR) is 109 cm³/mol. The van der Waals surface area contributed by atoms with Gasteiger partial charge in [-0.15, -0.1) is 0 Å². The Balaban J connectivity index is 1.55. The lowest BCUT2D eigenvalue weighted by molar-refractivity contribution is 0.0763. The summed E-state index contributed by atoms with van der Waals surface area (Å²) in [6.45, 7) is -3.01. The molecule has 0 radical (unpaired) electrons. The van der Waals surface area contributed by atoms with E-state index in [1.165, 1.54) is 41.3 Å². The highest BCUT2D eigenvalue weighted by Crippen LogP contribution is 2.35. The largest absolute Gasteiger partial charge is 0.328 e. The van der Waals surface area contributed by atoms with Crippen molar-refractivity contribution in [2.75, 3.05) is 0 Å². The number of hydrogen-bond donors (Lipinski definition) is 0. The Morgan fingerprint density at radius 2 is 1.91 bits per heavy atom. The van der Waals surface area contributed by atoms with E-state index >= 15 is 8.78 Å². The van der Waals surface area contributed by atoms with Crippen molar-refractivity contribution in [1.82, 2.24) is 19.7 Å². The normalized spacial score (nSPS) is 15.9. The number of nitrogens with zero attached hydrogens (tertiary/aromatic N) is 4. The first-order chi connectivity index (χ1) is 16.1. The van der Waals surface area contributed by atoms with Gasteiger partial charge in [-0.1, -0.05) is 12.1 Å². The summed E-state index contributed by atoms with van der Waals surface area (Å²) in [4.78, 5) is 17.3. The molecule has 162 valence electrons. The quantitative estimate of drug-likeness (QED) is 0.418. The van der Waals surface area contributed by atoms with Gasteiger partial charge in [0.2, 0.25) is 0 Å². The summed E-state index contributed by atoms with van der Waals surface area (Å²) in [5.74, 6) is -2.73. The molecular weight excluding hydrogens is 424 g/mol. The predicted octanol–water partition coefficient (Wildman–Crippen LogP) is 5.01. The summed E-state index contributed by atoms with van der Waals surface area (Å²) in [5.41, 5.74) is -0.445. The molecule has 5 nitrogen and oxygen atoms in total. The third-order valence-electron chi connectivity index (χ3n) is 5.35. The lowest BCUT2D eigenvalue weighted by Gasteiger charge is -2.17. The van der Waals surface area contributed by atoms with Gasteiger partial charge in [-0.25, -0.2) is 17.6 Å². The van der Waals surface area contributed by atoms with Gasteiger partial charge >= 0.3 is 0 Å². The Morgan fingerprint density at radius 1 is 1.16 bits per heavy atom. The zero-order chi connectivity index (χ0) is 24.4. The van der Waals surface area contributed by atoms with Crippen LogP contribution in [-0.2, 0) is 20.1 Å². The number of aryl methyl sites for hydroxylation is 1. The van der Waals surface area contributed by atoms with Gasteiger partial charge in [-0.3, -0.25) is 14.5 Å². The SMILES string of the molecule is [2H]C1([2H])c2ncccc2C(=O)N1Cc1c(F)cc(-c2ccc(C(F)F)c3nn(C)cc23)cc1F. The Hall–Kier alpha value is -3.75. The van der Waals surface area contributed by atoms with Crippen LogP contribution in [0.4, 0.5) is 17.6 Å². The Bertz CT molecular complexity index is 1450.